The molecule has 0 bridgehead atoms. The summed E-state index contributed by atoms with van der Waals surface area (Å²) in [7, 11) is -3.89. The first-order valence-electron chi connectivity index (χ1n) is 16.2. The maximum atomic E-state index is 12.2. The largest absolute Gasteiger partial charge is 0.388 e. The summed E-state index contributed by atoms with van der Waals surface area (Å²) in [6.07, 6.45) is -10.3. The average Bonchev–Trinajstić information content (AvgIpc) is 2.97. The van der Waals surface area contributed by atoms with Gasteiger partial charge in [-0.1, -0.05) is 0 Å². The molecule has 0 aromatic carbocycles. The minimum atomic E-state index is -3.89. The standard InChI is InChI=1S/C30H57N2O16P/c1-17(33)31-21-25(37)24(36)20(16-42-10-14-46-49(39,40)30(6,7)8)47-27(21)43-11-9-41-15-19-23(35)26(38)22(32-18(2)34)28(48-19)44-12-13-45-29(3,4)5/h19-28,35-38H,9-16H2,1-8H3,(H,31,33)(H,32,34)(H,39,40). The molecule has 0 aromatic rings. The fraction of sp³-hybridized carbons (Fsp3) is 0.933. The number of carbonyl (C=O) groups is 2. The van der Waals surface area contributed by atoms with E-state index < -0.39 is 91.5 Å². The molecule has 2 heterocycles. The minimum Gasteiger partial charge on any atom is -0.388 e. The average molecular weight is 733 g/mol. The van der Waals surface area contributed by atoms with Gasteiger partial charge in [-0.05, 0) is 41.5 Å². The van der Waals surface area contributed by atoms with Crippen LogP contribution in [0.4, 0.5) is 0 Å². The van der Waals surface area contributed by atoms with Crippen LogP contribution in [0.5, 0.6) is 0 Å². The second kappa shape index (κ2) is 19.5. The highest BCUT2D eigenvalue weighted by atomic mass is 31.2. The van der Waals surface area contributed by atoms with Crippen molar-refractivity contribution in [1.29, 1.82) is 0 Å². The molecule has 7 N–H and O–H groups in total. The predicted molar refractivity (Wildman–Crippen MR) is 171 cm³/mol. The van der Waals surface area contributed by atoms with Crippen molar-refractivity contribution in [2.45, 2.75) is 127 Å². The summed E-state index contributed by atoms with van der Waals surface area (Å²) in [4.78, 5) is 33.6. The van der Waals surface area contributed by atoms with E-state index in [1.807, 2.05) is 20.8 Å². The van der Waals surface area contributed by atoms with Crippen molar-refractivity contribution in [1.82, 2.24) is 10.6 Å². The van der Waals surface area contributed by atoms with E-state index in [4.69, 9.17) is 37.7 Å². The van der Waals surface area contributed by atoms with E-state index in [2.05, 4.69) is 10.6 Å². The molecule has 2 amide bonds. The van der Waals surface area contributed by atoms with Crippen LogP contribution in [0, 0.1) is 0 Å². The van der Waals surface area contributed by atoms with E-state index in [1.165, 1.54) is 13.8 Å². The van der Waals surface area contributed by atoms with Gasteiger partial charge >= 0.3 is 7.60 Å². The highest BCUT2D eigenvalue weighted by Crippen LogP contribution is 2.54. The first-order valence-corrected chi connectivity index (χ1v) is 17.8. The van der Waals surface area contributed by atoms with Crippen molar-refractivity contribution < 1.29 is 77.2 Å². The van der Waals surface area contributed by atoms with Crippen molar-refractivity contribution in [3.8, 4) is 0 Å². The number of aliphatic hydroxyl groups excluding tert-OH is 4. The van der Waals surface area contributed by atoms with Gasteiger partial charge in [0.15, 0.2) is 12.6 Å². The maximum absolute atomic E-state index is 12.2. The Balaban J connectivity index is 1.92. The fourth-order valence-corrected chi connectivity index (χ4v) is 5.46. The highest BCUT2D eigenvalue weighted by molar-refractivity contribution is 7.54. The molecular formula is C30H57N2O16P. The Morgan fingerprint density at radius 2 is 1.08 bits per heavy atom. The SMILES string of the molecule is CC(=O)NC1C(OCCOCC2OC(OCCOC(C)(C)C)C(NC(C)=O)C(O)C2O)OC(COCCOP(=O)(O)C(C)(C)C)C(O)C1O. The van der Waals surface area contributed by atoms with Gasteiger partial charge in [-0.15, -0.1) is 0 Å². The number of hydrogen-bond acceptors (Lipinski definition) is 15. The monoisotopic (exact) mass is 732 g/mol. The molecule has 0 saturated carbocycles. The molecule has 2 aliphatic rings. The number of rotatable bonds is 18. The zero-order valence-corrected chi connectivity index (χ0v) is 30.5. The Labute approximate surface area is 287 Å². The Morgan fingerprint density at radius 1 is 0.673 bits per heavy atom. The Morgan fingerprint density at radius 3 is 1.47 bits per heavy atom. The lowest BCUT2D eigenvalue weighted by Gasteiger charge is -2.43. The van der Waals surface area contributed by atoms with Gasteiger partial charge in [0, 0.05) is 13.8 Å². The molecule has 19 heteroatoms. The van der Waals surface area contributed by atoms with Crippen LogP contribution in [0.15, 0.2) is 0 Å². The lowest BCUT2D eigenvalue weighted by Crippen LogP contribution is -2.65. The molecule has 0 aromatic heterocycles. The number of amides is 2. The second-order valence-corrected chi connectivity index (χ2v) is 16.5. The summed E-state index contributed by atoms with van der Waals surface area (Å²) >= 11 is 0. The molecule has 11 unspecified atom stereocenters. The summed E-state index contributed by atoms with van der Waals surface area (Å²) in [6.45, 7) is 12.2. The lowest BCUT2D eigenvalue weighted by atomic mass is 9.97. The van der Waals surface area contributed by atoms with Crippen molar-refractivity contribution in [2.24, 2.45) is 0 Å². The lowest BCUT2D eigenvalue weighted by molar-refractivity contribution is -0.281. The molecule has 2 fully saturated rings. The van der Waals surface area contributed by atoms with Gasteiger partial charge in [-0.25, -0.2) is 0 Å². The molecule has 0 aliphatic carbocycles. The normalized spacial score (nSPS) is 32.3. The van der Waals surface area contributed by atoms with Gasteiger partial charge in [-0.3, -0.25) is 14.2 Å². The summed E-state index contributed by atoms with van der Waals surface area (Å²) < 4.78 is 57.2. The molecule has 0 spiro atoms. The van der Waals surface area contributed by atoms with Gasteiger partial charge in [-0.2, -0.15) is 0 Å². The third kappa shape index (κ3) is 14.3. The van der Waals surface area contributed by atoms with E-state index >= 15 is 0 Å². The van der Waals surface area contributed by atoms with Gasteiger partial charge < -0.3 is 73.6 Å². The summed E-state index contributed by atoms with van der Waals surface area (Å²) in [6, 6.07) is -2.20. The van der Waals surface area contributed by atoms with Crippen LogP contribution < -0.4 is 10.6 Å². The van der Waals surface area contributed by atoms with Crippen molar-refractivity contribution in [3.05, 3.63) is 0 Å². The number of aliphatic hydroxyl groups is 4. The smallest absolute Gasteiger partial charge is 0.333 e. The summed E-state index contributed by atoms with van der Waals surface area (Å²) in [5.41, 5.74) is -0.407. The zero-order chi connectivity index (χ0) is 37.2. The van der Waals surface area contributed by atoms with Crippen LogP contribution in [0.1, 0.15) is 55.4 Å². The van der Waals surface area contributed by atoms with Gasteiger partial charge in [0.2, 0.25) is 11.8 Å². The van der Waals surface area contributed by atoms with Crippen LogP contribution in [-0.2, 0) is 51.8 Å². The number of hydrogen-bond donors (Lipinski definition) is 7. The third-order valence-corrected chi connectivity index (χ3v) is 9.69. The molecule has 2 rings (SSSR count). The van der Waals surface area contributed by atoms with Crippen LogP contribution in [0.2, 0.25) is 0 Å². The van der Waals surface area contributed by atoms with Crippen molar-refractivity contribution in [3.63, 3.8) is 0 Å². The van der Waals surface area contributed by atoms with Crippen molar-refractivity contribution >= 4 is 19.4 Å². The Bertz CT molecular complexity index is 1070. The van der Waals surface area contributed by atoms with Crippen LogP contribution >= 0.6 is 7.60 Å². The molecule has 0 radical (unpaired) electrons. The second-order valence-electron chi connectivity index (χ2n) is 13.9. The molecular weight excluding hydrogens is 675 g/mol. The molecule has 18 nitrogen and oxygen atoms in total. The van der Waals surface area contributed by atoms with E-state index in [1.54, 1.807) is 20.8 Å². The Kier molecular flexibility index (Phi) is 17.4. The van der Waals surface area contributed by atoms with E-state index in [9.17, 15) is 39.5 Å². The zero-order valence-electron chi connectivity index (χ0n) is 29.6. The molecule has 2 saturated heterocycles. The number of carbonyl (C=O) groups excluding carboxylic acids is 2. The van der Waals surface area contributed by atoms with E-state index in [0.717, 1.165) is 0 Å². The first kappa shape index (κ1) is 43.8. The Hall–Kier alpha value is -1.35. The summed E-state index contributed by atoms with van der Waals surface area (Å²) in [5.74, 6) is -0.964. The predicted octanol–water partition coefficient (Wildman–Crippen LogP) is -1.23. The summed E-state index contributed by atoms with van der Waals surface area (Å²) in [5, 5.41) is 46.9. The minimum absolute atomic E-state index is 0.0818. The molecule has 11 atom stereocenters. The van der Waals surface area contributed by atoms with Gasteiger partial charge in [0.1, 0.15) is 48.7 Å². The maximum Gasteiger partial charge on any atom is 0.333 e. The number of nitrogens with one attached hydrogen (secondary N) is 2. The van der Waals surface area contributed by atoms with Gasteiger partial charge in [0.25, 0.3) is 0 Å². The molecule has 49 heavy (non-hydrogen) atoms. The quantitative estimate of drug-likeness (QED) is 0.0644. The van der Waals surface area contributed by atoms with Crippen molar-refractivity contribution in [2.75, 3.05) is 52.9 Å². The first-order chi connectivity index (χ1) is 22.6. The van der Waals surface area contributed by atoms with Crippen LogP contribution in [-0.4, -0.2) is 162 Å². The molecule has 288 valence electrons. The van der Waals surface area contributed by atoms with E-state index in [0.29, 0.717) is 0 Å². The number of ether oxygens (including phenoxy) is 7. The van der Waals surface area contributed by atoms with Crippen LogP contribution in [0.3, 0.4) is 0 Å². The van der Waals surface area contributed by atoms with Crippen LogP contribution in [0.25, 0.3) is 0 Å². The van der Waals surface area contributed by atoms with Gasteiger partial charge in [0.05, 0.1) is 63.6 Å². The topological polar surface area (TPSA) is 250 Å². The third-order valence-electron chi connectivity index (χ3n) is 7.46. The molecule has 2 aliphatic heterocycles. The van der Waals surface area contributed by atoms with E-state index in [-0.39, 0.29) is 52.9 Å². The highest BCUT2D eigenvalue weighted by Gasteiger charge is 2.47. The fourth-order valence-electron chi connectivity index (χ4n) is 4.75.